The van der Waals surface area contributed by atoms with Crippen LogP contribution in [0.1, 0.15) is 16.7 Å². The van der Waals surface area contributed by atoms with Gasteiger partial charge in [-0.3, -0.25) is 0 Å². The third-order valence-electron chi connectivity index (χ3n) is 2.97. The van der Waals surface area contributed by atoms with E-state index in [-0.39, 0.29) is 11.1 Å². The van der Waals surface area contributed by atoms with Gasteiger partial charge >= 0.3 is 12.4 Å². The lowest BCUT2D eigenvalue weighted by atomic mass is 9.98. The zero-order valence-corrected chi connectivity index (χ0v) is 10.8. The number of rotatable bonds is 1. The van der Waals surface area contributed by atoms with Crippen LogP contribution in [0.15, 0.2) is 42.5 Å². The average molecular weight is 315 g/mol. The van der Waals surface area contributed by atoms with E-state index in [1.807, 2.05) is 0 Å². The van der Waals surface area contributed by atoms with Gasteiger partial charge in [-0.2, -0.15) is 31.6 Å². The summed E-state index contributed by atoms with van der Waals surface area (Å²) in [4.78, 5) is 0. The lowest BCUT2D eigenvalue weighted by molar-refractivity contribution is -0.138. The van der Waals surface area contributed by atoms with Gasteiger partial charge in [0.15, 0.2) is 0 Å². The van der Waals surface area contributed by atoms with Crippen LogP contribution in [0.2, 0.25) is 0 Å². The first kappa shape index (κ1) is 15.9. The van der Waals surface area contributed by atoms with Gasteiger partial charge in [-0.15, -0.1) is 0 Å². The van der Waals surface area contributed by atoms with Crippen LogP contribution in [0, 0.1) is 11.3 Å². The van der Waals surface area contributed by atoms with Crippen LogP contribution < -0.4 is 0 Å². The minimum atomic E-state index is -4.76. The molecule has 0 saturated heterocycles. The molecule has 22 heavy (non-hydrogen) atoms. The van der Waals surface area contributed by atoms with Crippen molar-refractivity contribution in [3.05, 3.63) is 59.2 Å². The number of nitrogens with zero attached hydrogens (tertiary/aromatic N) is 1. The number of hydrogen-bond donors (Lipinski definition) is 0. The quantitative estimate of drug-likeness (QED) is 0.658. The van der Waals surface area contributed by atoms with E-state index in [4.69, 9.17) is 5.26 Å². The molecule has 114 valence electrons. The normalized spacial score (nSPS) is 12.0. The highest BCUT2D eigenvalue weighted by Gasteiger charge is 2.34. The van der Waals surface area contributed by atoms with Crippen LogP contribution >= 0.6 is 0 Å². The minimum absolute atomic E-state index is 0.00943. The summed E-state index contributed by atoms with van der Waals surface area (Å²) in [6.07, 6.45) is -9.35. The molecule has 2 aromatic carbocycles. The SMILES string of the molecule is N#Cc1ccc(-c2cccc(C(F)(F)F)c2)cc1C(F)(F)F. The summed E-state index contributed by atoms with van der Waals surface area (Å²) in [6, 6.07) is 8.20. The maximum absolute atomic E-state index is 12.9. The third-order valence-corrected chi connectivity index (χ3v) is 2.97. The Bertz CT molecular complexity index is 737. The van der Waals surface area contributed by atoms with Crippen LogP contribution in [0.25, 0.3) is 11.1 Å². The number of hydrogen-bond acceptors (Lipinski definition) is 1. The Balaban J connectivity index is 2.58. The van der Waals surface area contributed by atoms with E-state index in [0.29, 0.717) is 6.07 Å². The van der Waals surface area contributed by atoms with Gasteiger partial charge in [0.1, 0.15) is 0 Å². The summed E-state index contributed by atoms with van der Waals surface area (Å²) in [5.74, 6) is 0. The molecule has 0 atom stereocenters. The molecule has 0 aliphatic carbocycles. The molecule has 0 aromatic heterocycles. The zero-order chi connectivity index (χ0) is 16.5. The molecular formula is C15H7F6N. The van der Waals surface area contributed by atoms with E-state index in [9.17, 15) is 26.3 Å². The molecule has 0 radical (unpaired) electrons. The number of halogens is 6. The second-order valence-corrected chi connectivity index (χ2v) is 4.45. The van der Waals surface area contributed by atoms with Crippen molar-refractivity contribution >= 4 is 0 Å². The van der Waals surface area contributed by atoms with Gasteiger partial charge in [-0.1, -0.05) is 18.2 Å². The summed E-state index contributed by atoms with van der Waals surface area (Å²) >= 11 is 0. The Morgan fingerprint density at radius 1 is 0.773 bits per heavy atom. The van der Waals surface area contributed by atoms with E-state index in [1.165, 1.54) is 18.2 Å². The van der Waals surface area contributed by atoms with Crippen LogP contribution in [-0.2, 0) is 12.4 Å². The fourth-order valence-electron chi connectivity index (χ4n) is 1.93. The Morgan fingerprint density at radius 2 is 1.41 bits per heavy atom. The van der Waals surface area contributed by atoms with Crippen molar-refractivity contribution < 1.29 is 26.3 Å². The molecule has 0 aliphatic rings. The highest BCUT2D eigenvalue weighted by molar-refractivity contribution is 5.67. The molecule has 7 heteroatoms. The first-order chi connectivity index (χ1) is 10.1. The van der Waals surface area contributed by atoms with Gasteiger partial charge in [-0.25, -0.2) is 0 Å². The molecule has 0 heterocycles. The summed E-state index contributed by atoms with van der Waals surface area (Å²) in [5, 5.41) is 8.70. The predicted octanol–water partition coefficient (Wildman–Crippen LogP) is 5.26. The molecule has 0 bridgehead atoms. The smallest absolute Gasteiger partial charge is 0.192 e. The van der Waals surface area contributed by atoms with Crippen molar-refractivity contribution in [3.63, 3.8) is 0 Å². The Labute approximate surface area is 121 Å². The van der Waals surface area contributed by atoms with Crippen molar-refractivity contribution in [2.24, 2.45) is 0 Å². The van der Waals surface area contributed by atoms with E-state index in [2.05, 4.69) is 0 Å². The summed E-state index contributed by atoms with van der Waals surface area (Å²) < 4.78 is 76.5. The first-order valence-electron chi connectivity index (χ1n) is 5.92. The van der Waals surface area contributed by atoms with Gasteiger partial charge in [0.05, 0.1) is 22.8 Å². The van der Waals surface area contributed by atoms with Crippen LogP contribution in [-0.4, -0.2) is 0 Å². The Kier molecular flexibility index (Phi) is 3.88. The van der Waals surface area contributed by atoms with E-state index < -0.39 is 29.0 Å². The van der Waals surface area contributed by atoms with Crippen molar-refractivity contribution in [2.75, 3.05) is 0 Å². The topological polar surface area (TPSA) is 23.8 Å². The highest BCUT2D eigenvalue weighted by atomic mass is 19.4. The maximum atomic E-state index is 12.9. The number of nitriles is 1. The monoisotopic (exact) mass is 315 g/mol. The van der Waals surface area contributed by atoms with Crippen LogP contribution in [0.5, 0.6) is 0 Å². The second-order valence-electron chi connectivity index (χ2n) is 4.45. The summed E-state index contributed by atoms with van der Waals surface area (Å²) in [7, 11) is 0. The molecule has 0 aliphatic heterocycles. The molecule has 0 N–H and O–H groups in total. The van der Waals surface area contributed by atoms with E-state index in [1.54, 1.807) is 0 Å². The van der Waals surface area contributed by atoms with Crippen molar-refractivity contribution in [2.45, 2.75) is 12.4 Å². The zero-order valence-electron chi connectivity index (χ0n) is 10.8. The first-order valence-corrected chi connectivity index (χ1v) is 5.92. The molecule has 2 rings (SSSR count). The van der Waals surface area contributed by atoms with Gasteiger partial charge in [0, 0.05) is 0 Å². The molecule has 0 spiro atoms. The predicted molar refractivity (Wildman–Crippen MR) is 66.6 cm³/mol. The van der Waals surface area contributed by atoms with Crippen LogP contribution in [0.4, 0.5) is 26.3 Å². The van der Waals surface area contributed by atoms with Crippen molar-refractivity contribution in [1.82, 2.24) is 0 Å². The van der Waals surface area contributed by atoms with Gasteiger partial charge < -0.3 is 0 Å². The molecule has 2 aromatic rings. The van der Waals surface area contributed by atoms with Crippen molar-refractivity contribution in [3.8, 4) is 17.2 Å². The maximum Gasteiger partial charge on any atom is 0.417 e. The average Bonchev–Trinajstić information content (AvgIpc) is 2.45. The molecular weight excluding hydrogens is 308 g/mol. The molecule has 0 unspecified atom stereocenters. The Morgan fingerprint density at radius 3 is 1.95 bits per heavy atom. The molecule has 0 amide bonds. The standard InChI is InChI=1S/C15H7F6N/c16-14(17,18)12-3-1-2-9(6-12)10-4-5-11(8-22)13(7-10)15(19,20)21/h1-7H. The fourth-order valence-corrected chi connectivity index (χ4v) is 1.93. The lowest BCUT2D eigenvalue weighted by Crippen LogP contribution is -2.08. The highest BCUT2D eigenvalue weighted by Crippen LogP contribution is 2.36. The fraction of sp³-hybridized carbons (Fsp3) is 0.133. The number of alkyl halides is 6. The largest absolute Gasteiger partial charge is 0.417 e. The van der Waals surface area contributed by atoms with Gasteiger partial charge in [0.25, 0.3) is 0 Å². The minimum Gasteiger partial charge on any atom is -0.192 e. The molecule has 0 saturated carbocycles. The Hall–Kier alpha value is -2.49. The lowest BCUT2D eigenvalue weighted by Gasteiger charge is -2.12. The molecule has 1 nitrogen and oxygen atoms in total. The number of benzene rings is 2. The van der Waals surface area contributed by atoms with Crippen molar-refractivity contribution in [1.29, 1.82) is 5.26 Å². The second kappa shape index (κ2) is 5.37. The summed E-state index contributed by atoms with van der Waals surface area (Å²) in [5.41, 5.74) is -2.77. The van der Waals surface area contributed by atoms with Gasteiger partial charge in [-0.05, 0) is 35.4 Å². The third kappa shape index (κ3) is 3.22. The van der Waals surface area contributed by atoms with Gasteiger partial charge in [0.2, 0.25) is 0 Å². The molecule has 0 fully saturated rings. The van der Waals surface area contributed by atoms with E-state index in [0.717, 1.165) is 24.3 Å². The van der Waals surface area contributed by atoms with E-state index >= 15 is 0 Å². The summed E-state index contributed by atoms with van der Waals surface area (Å²) in [6.45, 7) is 0. The van der Waals surface area contributed by atoms with Crippen LogP contribution in [0.3, 0.4) is 0 Å².